The molecule has 0 amide bonds. The van der Waals surface area contributed by atoms with Crippen LogP contribution in [-0.2, 0) is 6.54 Å². The van der Waals surface area contributed by atoms with Gasteiger partial charge in [0.05, 0.1) is 5.69 Å². The van der Waals surface area contributed by atoms with Crippen molar-refractivity contribution in [3.63, 3.8) is 0 Å². The third kappa shape index (κ3) is 4.70. The van der Waals surface area contributed by atoms with Crippen LogP contribution in [0.15, 0.2) is 18.2 Å². The maximum atomic E-state index is 4.82. The monoisotopic (exact) mass is 289 g/mol. The molecule has 0 saturated carbocycles. The summed E-state index contributed by atoms with van der Waals surface area (Å²) in [6.45, 7) is 13.5. The number of nitrogens with zero attached hydrogens (tertiary/aromatic N) is 2. The Labute approximate surface area is 130 Å². The quantitative estimate of drug-likeness (QED) is 0.835. The maximum Gasteiger partial charge on any atom is 0.128 e. The summed E-state index contributed by atoms with van der Waals surface area (Å²) in [6, 6.07) is 6.41. The third-order valence-electron chi connectivity index (χ3n) is 4.57. The summed E-state index contributed by atoms with van der Waals surface area (Å²) >= 11 is 0. The van der Waals surface area contributed by atoms with E-state index in [1.165, 1.54) is 19.3 Å². The number of nitrogens with one attached hydrogen (secondary N) is 1. The highest BCUT2D eigenvalue weighted by atomic mass is 15.2. The third-order valence-corrected chi connectivity index (χ3v) is 4.57. The highest BCUT2D eigenvalue weighted by Crippen LogP contribution is 2.35. The molecule has 2 rings (SSSR count). The number of pyridine rings is 1. The van der Waals surface area contributed by atoms with Crippen molar-refractivity contribution in [2.45, 2.75) is 53.5 Å². The first-order chi connectivity index (χ1) is 10.0. The molecule has 1 aliphatic heterocycles. The van der Waals surface area contributed by atoms with E-state index in [1.54, 1.807) is 0 Å². The number of hydrogen-bond acceptors (Lipinski definition) is 3. The largest absolute Gasteiger partial charge is 0.357 e. The molecule has 0 radical (unpaired) electrons. The average Bonchev–Trinajstić information content (AvgIpc) is 2.47. The zero-order chi connectivity index (χ0) is 15.3. The minimum Gasteiger partial charge on any atom is -0.357 e. The van der Waals surface area contributed by atoms with Gasteiger partial charge in [0.25, 0.3) is 0 Å². The Hall–Kier alpha value is -1.09. The first kappa shape index (κ1) is 16.3. The molecule has 1 fully saturated rings. The Morgan fingerprint density at radius 3 is 2.57 bits per heavy atom. The van der Waals surface area contributed by atoms with Crippen molar-refractivity contribution in [2.75, 3.05) is 24.5 Å². The number of rotatable bonds is 5. The highest BCUT2D eigenvalue weighted by molar-refractivity contribution is 5.39. The number of piperidine rings is 1. The van der Waals surface area contributed by atoms with Crippen molar-refractivity contribution < 1.29 is 0 Å². The molecular weight excluding hydrogens is 258 g/mol. The van der Waals surface area contributed by atoms with Gasteiger partial charge in [0.15, 0.2) is 0 Å². The van der Waals surface area contributed by atoms with Gasteiger partial charge >= 0.3 is 0 Å². The van der Waals surface area contributed by atoms with Crippen LogP contribution in [-0.4, -0.2) is 24.6 Å². The predicted octanol–water partition coefficient (Wildman–Crippen LogP) is 3.84. The Balaban J connectivity index is 1.92. The van der Waals surface area contributed by atoms with E-state index in [9.17, 15) is 0 Å². The molecule has 3 nitrogen and oxygen atoms in total. The maximum absolute atomic E-state index is 4.82. The lowest BCUT2D eigenvalue weighted by Crippen LogP contribution is -2.38. The standard InChI is InChI=1S/C18H31N3/c1-5-11-19-14-16-7-6-8-17(20-16)21-12-9-15(10-13-21)18(2,3)4/h6-8,15,19H,5,9-14H2,1-4H3. The van der Waals surface area contributed by atoms with Crippen LogP contribution in [0.1, 0.15) is 52.7 Å². The van der Waals surface area contributed by atoms with Crippen molar-refractivity contribution in [3.05, 3.63) is 23.9 Å². The number of hydrogen-bond donors (Lipinski definition) is 1. The van der Waals surface area contributed by atoms with Gasteiger partial charge < -0.3 is 10.2 Å². The van der Waals surface area contributed by atoms with E-state index < -0.39 is 0 Å². The van der Waals surface area contributed by atoms with Crippen molar-refractivity contribution in [1.82, 2.24) is 10.3 Å². The van der Waals surface area contributed by atoms with Crippen LogP contribution in [0.25, 0.3) is 0 Å². The molecule has 0 aliphatic carbocycles. The molecule has 2 heterocycles. The van der Waals surface area contributed by atoms with E-state index in [0.29, 0.717) is 5.41 Å². The molecule has 0 aromatic carbocycles. The molecule has 0 unspecified atom stereocenters. The van der Waals surface area contributed by atoms with Crippen LogP contribution in [0.5, 0.6) is 0 Å². The smallest absolute Gasteiger partial charge is 0.128 e. The topological polar surface area (TPSA) is 28.2 Å². The van der Waals surface area contributed by atoms with E-state index in [4.69, 9.17) is 4.98 Å². The summed E-state index contributed by atoms with van der Waals surface area (Å²) in [7, 11) is 0. The fourth-order valence-electron chi connectivity index (χ4n) is 3.11. The molecule has 118 valence electrons. The first-order valence-corrected chi connectivity index (χ1v) is 8.42. The Bertz CT molecular complexity index is 428. The summed E-state index contributed by atoms with van der Waals surface area (Å²) < 4.78 is 0. The average molecular weight is 289 g/mol. The summed E-state index contributed by atoms with van der Waals surface area (Å²) in [5.74, 6) is 1.99. The molecule has 1 N–H and O–H groups in total. The van der Waals surface area contributed by atoms with Crippen LogP contribution in [0.2, 0.25) is 0 Å². The fraction of sp³-hybridized carbons (Fsp3) is 0.722. The van der Waals surface area contributed by atoms with Crippen molar-refractivity contribution in [2.24, 2.45) is 11.3 Å². The SMILES string of the molecule is CCCNCc1cccc(N2CCC(C(C)(C)C)CC2)n1. The van der Waals surface area contributed by atoms with Gasteiger partial charge in [-0.1, -0.05) is 33.8 Å². The Morgan fingerprint density at radius 1 is 1.24 bits per heavy atom. The molecule has 0 bridgehead atoms. The Kier molecular flexibility index (Phi) is 5.63. The van der Waals surface area contributed by atoms with Crippen molar-refractivity contribution >= 4 is 5.82 Å². The number of aromatic nitrogens is 1. The van der Waals surface area contributed by atoms with Gasteiger partial charge in [0.2, 0.25) is 0 Å². The second-order valence-corrected chi connectivity index (χ2v) is 7.29. The van der Waals surface area contributed by atoms with E-state index >= 15 is 0 Å². The summed E-state index contributed by atoms with van der Waals surface area (Å²) in [5.41, 5.74) is 1.59. The van der Waals surface area contributed by atoms with Gasteiger partial charge in [0.1, 0.15) is 5.82 Å². The van der Waals surface area contributed by atoms with Gasteiger partial charge in [-0.2, -0.15) is 0 Å². The van der Waals surface area contributed by atoms with Crippen LogP contribution in [0.3, 0.4) is 0 Å². The molecule has 1 saturated heterocycles. The lowest BCUT2D eigenvalue weighted by atomic mass is 9.75. The minimum absolute atomic E-state index is 0.436. The van der Waals surface area contributed by atoms with Gasteiger partial charge in [0, 0.05) is 19.6 Å². The molecular formula is C18H31N3. The van der Waals surface area contributed by atoms with Crippen LogP contribution >= 0.6 is 0 Å². The van der Waals surface area contributed by atoms with Crippen LogP contribution in [0.4, 0.5) is 5.82 Å². The summed E-state index contributed by atoms with van der Waals surface area (Å²) in [4.78, 5) is 7.27. The number of anilines is 1. The molecule has 1 aliphatic rings. The highest BCUT2D eigenvalue weighted by Gasteiger charge is 2.29. The van der Waals surface area contributed by atoms with Crippen molar-refractivity contribution in [1.29, 1.82) is 0 Å². The molecule has 21 heavy (non-hydrogen) atoms. The molecule has 1 aromatic rings. The minimum atomic E-state index is 0.436. The first-order valence-electron chi connectivity index (χ1n) is 8.42. The summed E-state index contributed by atoms with van der Waals surface area (Å²) in [5, 5.41) is 3.43. The lowest BCUT2D eigenvalue weighted by Gasteiger charge is -2.39. The molecule has 1 aromatic heterocycles. The fourth-order valence-corrected chi connectivity index (χ4v) is 3.11. The Morgan fingerprint density at radius 2 is 1.95 bits per heavy atom. The van der Waals surface area contributed by atoms with Gasteiger partial charge in [-0.3, -0.25) is 0 Å². The van der Waals surface area contributed by atoms with Crippen molar-refractivity contribution in [3.8, 4) is 0 Å². The van der Waals surface area contributed by atoms with E-state index in [-0.39, 0.29) is 0 Å². The second kappa shape index (κ2) is 7.26. The van der Waals surface area contributed by atoms with Gasteiger partial charge in [-0.05, 0) is 49.3 Å². The van der Waals surface area contributed by atoms with Gasteiger partial charge in [-0.25, -0.2) is 4.98 Å². The van der Waals surface area contributed by atoms with E-state index in [1.807, 2.05) is 0 Å². The van der Waals surface area contributed by atoms with E-state index in [0.717, 1.165) is 43.6 Å². The van der Waals surface area contributed by atoms with Gasteiger partial charge in [-0.15, -0.1) is 0 Å². The van der Waals surface area contributed by atoms with E-state index in [2.05, 4.69) is 56.1 Å². The molecule has 0 spiro atoms. The molecule has 0 atom stereocenters. The van der Waals surface area contributed by atoms with Crippen LogP contribution < -0.4 is 10.2 Å². The second-order valence-electron chi connectivity index (χ2n) is 7.29. The predicted molar refractivity (Wildman–Crippen MR) is 90.6 cm³/mol. The summed E-state index contributed by atoms with van der Waals surface area (Å²) in [6.07, 6.45) is 3.73. The zero-order valence-electron chi connectivity index (χ0n) is 14.2. The normalized spacial score (nSPS) is 17.2. The zero-order valence-corrected chi connectivity index (χ0v) is 14.2. The lowest BCUT2D eigenvalue weighted by molar-refractivity contribution is 0.198. The van der Waals surface area contributed by atoms with Crippen LogP contribution in [0, 0.1) is 11.3 Å². The molecule has 3 heteroatoms.